The van der Waals surface area contributed by atoms with E-state index in [1.807, 2.05) is 35.2 Å². The van der Waals surface area contributed by atoms with Crippen LogP contribution in [0.25, 0.3) is 11.4 Å². The summed E-state index contributed by atoms with van der Waals surface area (Å²) < 4.78 is 11.1. The molecule has 0 atom stereocenters. The lowest BCUT2D eigenvalue weighted by Crippen LogP contribution is -2.44. The van der Waals surface area contributed by atoms with Gasteiger partial charge in [-0.2, -0.15) is 4.98 Å². The highest BCUT2D eigenvalue weighted by Gasteiger charge is 2.32. The van der Waals surface area contributed by atoms with Gasteiger partial charge < -0.3 is 19.1 Å². The first-order chi connectivity index (χ1) is 16.2. The fourth-order valence-electron chi connectivity index (χ4n) is 4.91. The Hall–Kier alpha value is -3.52. The third kappa shape index (κ3) is 3.70. The van der Waals surface area contributed by atoms with Gasteiger partial charge in [0.2, 0.25) is 17.6 Å². The van der Waals surface area contributed by atoms with Crippen LogP contribution in [0, 0.1) is 0 Å². The second kappa shape index (κ2) is 8.12. The molecule has 8 heteroatoms. The molecule has 1 aromatic heterocycles. The summed E-state index contributed by atoms with van der Waals surface area (Å²) in [6.07, 6.45) is 1.53. The van der Waals surface area contributed by atoms with Crippen molar-refractivity contribution in [1.29, 1.82) is 0 Å². The summed E-state index contributed by atoms with van der Waals surface area (Å²) in [5.41, 5.74) is 4.99. The number of hydrogen-bond donors (Lipinski definition) is 0. The van der Waals surface area contributed by atoms with Gasteiger partial charge in [-0.15, -0.1) is 0 Å². The lowest BCUT2D eigenvalue weighted by atomic mass is 9.96. The van der Waals surface area contributed by atoms with Crippen LogP contribution in [0.5, 0.6) is 0 Å². The first kappa shape index (κ1) is 20.1. The Morgan fingerprint density at radius 3 is 2.70 bits per heavy atom. The van der Waals surface area contributed by atoms with Crippen LogP contribution in [0.3, 0.4) is 0 Å². The summed E-state index contributed by atoms with van der Waals surface area (Å²) in [6.45, 7) is 3.12. The van der Waals surface area contributed by atoms with E-state index in [1.165, 1.54) is 11.1 Å². The van der Waals surface area contributed by atoms with Crippen LogP contribution in [-0.2, 0) is 29.3 Å². The molecule has 8 nitrogen and oxygen atoms in total. The van der Waals surface area contributed by atoms with Gasteiger partial charge in [-0.1, -0.05) is 35.5 Å². The Morgan fingerprint density at radius 1 is 1.03 bits per heavy atom. The monoisotopic (exact) mass is 444 g/mol. The number of piperidine rings is 1. The number of ether oxygens (including phenoxy) is 1. The Labute approximate surface area is 191 Å². The van der Waals surface area contributed by atoms with Crippen molar-refractivity contribution in [3.05, 3.63) is 70.6 Å². The van der Waals surface area contributed by atoms with Crippen molar-refractivity contribution < 1.29 is 18.8 Å². The zero-order valence-electron chi connectivity index (χ0n) is 18.2. The first-order valence-electron chi connectivity index (χ1n) is 11.3. The lowest BCUT2D eigenvalue weighted by molar-refractivity contribution is -0.133. The predicted octanol–water partition coefficient (Wildman–Crippen LogP) is 3.13. The summed E-state index contributed by atoms with van der Waals surface area (Å²) >= 11 is 0. The lowest BCUT2D eigenvalue weighted by Gasteiger charge is -2.31. The van der Waals surface area contributed by atoms with Gasteiger partial charge in [-0.25, -0.2) is 0 Å². The minimum Gasteiger partial charge on any atom is -0.372 e. The fourth-order valence-corrected chi connectivity index (χ4v) is 4.91. The maximum absolute atomic E-state index is 12.8. The van der Waals surface area contributed by atoms with Crippen LogP contribution >= 0.6 is 0 Å². The Bertz CT molecular complexity index is 1230. The Balaban J connectivity index is 1.06. The minimum absolute atomic E-state index is 0.0128. The predicted molar refractivity (Wildman–Crippen MR) is 118 cm³/mol. The van der Waals surface area contributed by atoms with Gasteiger partial charge in [0.15, 0.2) is 0 Å². The molecule has 4 heterocycles. The molecule has 1 saturated heterocycles. The van der Waals surface area contributed by atoms with Crippen molar-refractivity contribution in [3.8, 4) is 11.4 Å². The van der Waals surface area contributed by atoms with Crippen molar-refractivity contribution in [2.24, 2.45) is 0 Å². The van der Waals surface area contributed by atoms with Gasteiger partial charge in [-0.3, -0.25) is 9.59 Å². The molecule has 1 fully saturated rings. The van der Waals surface area contributed by atoms with E-state index in [4.69, 9.17) is 9.26 Å². The number of rotatable bonds is 4. The molecule has 6 rings (SSSR count). The molecule has 0 aliphatic carbocycles. The summed E-state index contributed by atoms with van der Waals surface area (Å²) in [6, 6.07) is 13.7. The molecule has 3 aromatic rings. The molecule has 3 aliphatic rings. The van der Waals surface area contributed by atoms with E-state index in [0.29, 0.717) is 50.1 Å². The van der Waals surface area contributed by atoms with Crippen molar-refractivity contribution in [1.82, 2.24) is 19.9 Å². The van der Waals surface area contributed by atoms with E-state index in [2.05, 4.69) is 22.3 Å². The number of fused-ring (bicyclic) bond motifs is 2. The van der Waals surface area contributed by atoms with E-state index < -0.39 is 0 Å². The third-order valence-corrected chi connectivity index (χ3v) is 6.84. The van der Waals surface area contributed by atoms with Gasteiger partial charge >= 0.3 is 0 Å². The molecule has 2 amide bonds. The van der Waals surface area contributed by atoms with E-state index in [1.54, 1.807) is 4.90 Å². The second-order valence-electron chi connectivity index (χ2n) is 8.91. The molecule has 0 N–H and O–H groups in total. The van der Waals surface area contributed by atoms with E-state index >= 15 is 0 Å². The van der Waals surface area contributed by atoms with Gasteiger partial charge in [0.05, 0.1) is 13.2 Å². The molecule has 0 spiro atoms. The molecular formula is C25H24N4O4. The van der Waals surface area contributed by atoms with E-state index in [0.717, 1.165) is 24.0 Å². The number of carbonyl (C=O) groups is 2. The zero-order valence-corrected chi connectivity index (χ0v) is 18.2. The normalized spacial score (nSPS) is 18.0. The molecular weight excluding hydrogens is 420 g/mol. The highest BCUT2D eigenvalue weighted by Crippen LogP contribution is 2.30. The number of carbonyl (C=O) groups excluding carboxylic acids is 2. The SMILES string of the molecule is O=C(CN1Cc2ccccc2C1=O)N1CCC(c2nc(-c3ccc4c(c3)COC4)no2)CC1. The fraction of sp³-hybridized carbons (Fsp3) is 0.360. The molecule has 3 aliphatic heterocycles. The summed E-state index contributed by atoms with van der Waals surface area (Å²) in [7, 11) is 0. The average Bonchev–Trinajstić information content (AvgIpc) is 3.58. The highest BCUT2D eigenvalue weighted by atomic mass is 16.5. The quantitative estimate of drug-likeness (QED) is 0.614. The molecule has 0 unspecified atom stereocenters. The number of amides is 2. The van der Waals surface area contributed by atoms with Crippen molar-refractivity contribution >= 4 is 11.8 Å². The maximum atomic E-state index is 12.8. The summed E-state index contributed by atoms with van der Waals surface area (Å²) in [5, 5.41) is 4.19. The van der Waals surface area contributed by atoms with Crippen molar-refractivity contribution in [2.45, 2.75) is 38.5 Å². The van der Waals surface area contributed by atoms with Crippen molar-refractivity contribution in [3.63, 3.8) is 0 Å². The van der Waals surface area contributed by atoms with Gasteiger partial charge in [0.25, 0.3) is 5.91 Å². The van der Waals surface area contributed by atoms with Gasteiger partial charge in [0.1, 0.15) is 6.54 Å². The smallest absolute Gasteiger partial charge is 0.254 e. The Morgan fingerprint density at radius 2 is 1.85 bits per heavy atom. The molecule has 2 aromatic carbocycles. The molecule has 0 saturated carbocycles. The molecule has 33 heavy (non-hydrogen) atoms. The molecule has 0 bridgehead atoms. The molecule has 0 radical (unpaired) electrons. The number of benzene rings is 2. The molecule has 168 valence electrons. The van der Waals surface area contributed by atoms with Crippen LogP contribution in [0.2, 0.25) is 0 Å². The van der Waals surface area contributed by atoms with Crippen LogP contribution in [0.15, 0.2) is 47.0 Å². The Kier molecular flexibility index (Phi) is 4.95. The second-order valence-corrected chi connectivity index (χ2v) is 8.91. The van der Waals surface area contributed by atoms with Crippen LogP contribution in [0.4, 0.5) is 0 Å². The minimum atomic E-state index is -0.0645. The standard InChI is InChI=1S/C25H24N4O4/c30-22(13-29-12-18-3-1-2-4-21(18)25(29)31)28-9-7-16(8-10-28)24-26-23(27-33-24)17-5-6-19-14-32-15-20(19)11-17/h1-6,11,16H,7-10,12-15H2. The number of hydrogen-bond acceptors (Lipinski definition) is 6. The van der Waals surface area contributed by atoms with Crippen LogP contribution in [-0.4, -0.2) is 51.4 Å². The van der Waals surface area contributed by atoms with Crippen molar-refractivity contribution in [2.75, 3.05) is 19.6 Å². The summed E-state index contributed by atoms with van der Waals surface area (Å²) in [5.74, 6) is 1.27. The number of nitrogens with zero attached hydrogens (tertiary/aromatic N) is 4. The largest absolute Gasteiger partial charge is 0.372 e. The zero-order chi connectivity index (χ0) is 22.4. The number of likely N-dealkylation sites (tertiary alicyclic amines) is 1. The van der Waals surface area contributed by atoms with Crippen LogP contribution in [0.1, 0.15) is 51.7 Å². The van der Waals surface area contributed by atoms with E-state index in [9.17, 15) is 9.59 Å². The average molecular weight is 444 g/mol. The highest BCUT2D eigenvalue weighted by molar-refractivity contribution is 6.00. The van der Waals surface area contributed by atoms with Gasteiger partial charge in [-0.05, 0) is 41.7 Å². The summed E-state index contributed by atoms with van der Waals surface area (Å²) in [4.78, 5) is 33.5. The maximum Gasteiger partial charge on any atom is 0.254 e. The first-order valence-corrected chi connectivity index (χ1v) is 11.3. The van der Waals surface area contributed by atoms with E-state index in [-0.39, 0.29) is 24.3 Å². The third-order valence-electron chi connectivity index (χ3n) is 6.84. The van der Waals surface area contributed by atoms with Gasteiger partial charge in [0, 0.05) is 36.7 Å². The number of aromatic nitrogens is 2. The van der Waals surface area contributed by atoms with Crippen LogP contribution < -0.4 is 0 Å². The topological polar surface area (TPSA) is 88.8 Å².